The number of hydrogen-bond acceptors (Lipinski definition) is 2. The number of rotatable bonds is 4. The largest absolute Gasteiger partial charge is 0.285 e. The average molecular weight is 274 g/mol. The van der Waals surface area contributed by atoms with Crippen LogP contribution in [0.25, 0.3) is 6.08 Å². The van der Waals surface area contributed by atoms with E-state index >= 15 is 0 Å². The van der Waals surface area contributed by atoms with Crippen LogP contribution in [-0.4, -0.2) is 13.0 Å². The zero-order valence-corrected chi connectivity index (χ0v) is 11.0. The van der Waals surface area contributed by atoms with Gasteiger partial charge < -0.3 is 0 Å². The van der Waals surface area contributed by atoms with E-state index in [4.69, 9.17) is 0 Å². The Morgan fingerprint density at radius 2 is 1.42 bits per heavy atom. The molecule has 1 unspecified atom stereocenters. The number of benzene rings is 2. The molecule has 2 aromatic rings. The first-order valence-electron chi connectivity index (χ1n) is 5.82. The summed E-state index contributed by atoms with van der Waals surface area (Å²) in [6.07, 6.45) is 3.17. The van der Waals surface area contributed by atoms with Gasteiger partial charge in [-0.05, 0) is 11.1 Å². The quantitative estimate of drug-likeness (QED) is 0.870. The molecule has 3 nitrogen and oxygen atoms in total. The van der Waals surface area contributed by atoms with E-state index in [-0.39, 0.29) is 0 Å². The van der Waals surface area contributed by atoms with Gasteiger partial charge in [-0.1, -0.05) is 72.8 Å². The molecule has 98 valence electrons. The van der Waals surface area contributed by atoms with Crippen LogP contribution >= 0.6 is 0 Å². The Labute approximate surface area is 113 Å². The summed E-state index contributed by atoms with van der Waals surface area (Å²) < 4.78 is 32.2. The lowest BCUT2D eigenvalue weighted by Gasteiger charge is -2.09. The van der Waals surface area contributed by atoms with Gasteiger partial charge in [-0.3, -0.25) is 4.55 Å². The van der Waals surface area contributed by atoms with Gasteiger partial charge >= 0.3 is 0 Å². The molecule has 2 aromatic carbocycles. The van der Waals surface area contributed by atoms with E-state index in [9.17, 15) is 13.0 Å². The standard InChI is InChI=1S/C15H14O3S/c16-19(17,18)15(14-9-5-2-6-10-14)12-11-13-7-3-1-4-8-13/h1-12,15H,(H,16,17,18)/b12-11+. The highest BCUT2D eigenvalue weighted by Gasteiger charge is 2.21. The lowest BCUT2D eigenvalue weighted by atomic mass is 10.1. The molecule has 0 aliphatic carbocycles. The van der Waals surface area contributed by atoms with Gasteiger partial charge in [0.15, 0.2) is 0 Å². The lowest BCUT2D eigenvalue weighted by molar-refractivity contribution is 0.476. The van der Waals surface area contributed by atoms with Crippen molar-refractivity contribution in [2.24, 2.45) is 0 Å². The minimum absolute atomic E-state index is 0.539. The SMILES string of the molecule is O=S(=O)(O)C(/C=C/c1ccccc1)c1ccccc1. The van der Waals surface area contributed by atoms with Crippen LogP contribution in [0, 0.1) is 0 Å². The van der Waals surface area contributed by atoms with Crippen molar-refractivity contribution >= 4 is 16.2 Å². The summed E-state index contributed by atoms with van der Waals surface area (Å²) in [4.78, 5) is 0. The first kappa shape index (κ1) is 13.5. The minimum Gasteiger partial charge on any atom is -0.285 e. The highest BCUT2D eigenvalue weighted by molar-refractivity contribution is 7.86. The van der Waals surface area contributed by atoms with Crippen molar-refractivity contribution in [1.82, 2.24) is 0 Å². The zero-order chi connectivity index (χ0) is 13.7. The highest BCUT2D eigenvalue weighted by atomic mass is 32.2. The molecule has 0 bridgehead atoms. The summed E-state index contributed by atoms with van der Waals surface area (Å²) in [6.45, 7) is 0. The van der Waals surface area contributed by atoms with Gasteiger partial charge in [0.1, 0.15) is 5.25 Å². The van der Waals surface area contributed by atoms with Crippen LogP contribution in [0.1, 0.15) is 16.4 Å². The van der Waals surface area contributed by atoms with Crippen LogP contribution in [0.3, 0.4) is 0 Å². The van der Waals surface area contributed by atoms with Gasteiger partial charge in [0.2, 0.25) is 0 Å². The average Bonchev–Trinajstić information content (AvgIpc) is 2.40. The predicted molar refractivity (Wildman–Crippen MR) is 76.2 cm³/mol. The second-order valence-corrected chi connectivity index (χ2v) is 5.65. The molecule has 0 radical (unpaired) electrons. The first-order chi connectivity index (χ1) is 9.07. The Kier molecular flexibility index (Phi) is 4.14. The monoisotopic (exact) mass is 274 g/mol. The van der Waals surface area contributed by atoms with E-state index < -0.39 is 15.4 Å². The normalized spacial score (nSPS) is 13.5. The Morgan fingerprint density at radius 3 is 1.95 bits per heavy atom. The van der Waals surface area contributed by atoms with E-state index in [1.54, 1.807) is 36.4 Å². The van der Waals surface area contributed by atoms with Gasteiger partial charge in [0.25, 0.3) is 10.1 Å². The second kappa shape index (κ2) is 5.82. The molecule has 0 heterocycles. The van der Waals surface area contributed by atoms with Crippen molar-refractivity contribution < 1.29 is 13.0 Å². The Morgan fingerprint density at radius 1 is 0.895 bits per heavy atom. The van der Waals surface area contributed by atoms with Crippen molar-refractivity contribution in [3.63, 3.8) is 0 Å². The maximum absolute atomic E-state index is 11.5. The topological polar surface area (TPSA) is 54.4 Å². The van der Waals surface area contributed by atoms with E-state index in [1.165, 1.54) is 6.08 Å². The Bertz CT molecular complexity index is 646. The zero-order valence-electron chi connectivity index (χ0n) is 10.2. The van der Waals surface area contributed by atoms with Crippen molar-refractivity contribution in [3.8, 4) is 0 Å². The molecule has 4 heteroatoms. The smallest absolute Gasteiger partial charge is 0.275 e. The fourth-order valence-electron chi connectivity index (χ4n) is 1.79. The molecule has 0 aliphatic heterocycles. The summed E-state index contributed by atoms with van der Waals surface area (Å²) in [6, 6.07) is 18.0. The van der Waals surface area contributed by atoms with Crippen molar-refractivity contribution in [1.29, 1.82) is 0 Å². The van der Waals surface area contributed by atoms with Crippen LogP contribution in [0.4, 0.5) is 0 Å². The molecule has 2 rings (SSSR count). The molecule has 0 aromatic heterocycles. The van der Waals surface area contributed by atoms with Gasteiger partial charge in [-0.2, -0.15) is 8.42 Å². The minimum atomic E-state index is -4.17. The molecule has 0 saturated carbocycles. The molecule has 1 atom stereocenters. The Balaban J connectivity index is 2.34. The van der Waals surface area contributed by atoms with E-state index in [1.807, 2.05) is 30.3 Å². The summed E-state index contributed by atoms with van der Waals surface area (Å²) in [5.74, 6) is 0. The van der Waals surface area contributed by atoms with Crippen LogP contribution in [0.2, 0.25) is 0 Å². The first-order valence-corrected chi connectivity index (χ1v) is 7.32. The van der Waals surface area contributed by atoms with Crippen LogP contribution < -0.4 is 0 Å². The molecule has 0 spiro atoms. The third-order valence-electron chi connectivity index (χ3n) is 2.71. The highest BCUT2D eigenvalue weighted by Crippen LogP contribution is 2.23. The number of hydrogen-bond donors (Lipinski definition) is 1. The Hall–Kier alpha value is -1.91. The third-order valence-corrected chi connectivity index (χ3v) is 3.78. The molecule has 0 amide bonds. The molecular formula is C15H14O3S. The predicted octanol–water partition coefficient (Wildman–Crippen LogP) is 3.33. The van der Waals surface area contributed by atoms with E-state index in [0.29, 0.717) is 5.56 Å². The van der Waals surface area contributed by atoms with Gasteiger partial charge in [-0.15, -0.1) is 0 Å². The summed E-state index contributed by atoms with van der Waals surface area (Å²) in [7, 11) is -4.17. The molecule has 1 N–H and O–H groups in total. The van der Waals surface area contributed by atoms with Gasteiger partial charge in [0.05, 0.1) is 0 Å². The molecule has 19 heavy (non-hydrogen) atoms. The molecule has 0 fully saturated rings. The maximum atomic E-state index is 11.5. The van der Waals surface area contributed by atoms with E-state index in [0.717, 1.165) is 5.56 Å². The maximum Gasteiger partial charge on any atom is 0.275 e. The van der Waals surface area contributed by atoms with Crippen LogP contribution in [0.15, 0.2) is 66.7 Å². The third kappa shape index (κ3) is 3.77. The lowest BCUT2D eigenvalue weighted by Crippen LogP contribution is -2.09. The summed E-state index contributed by atoms with van der Waals surface area (Å²) >= 11 is 0. The second-order valence-electron chi connectivity index (χ2n) is 4.12. The summed E-state index contributed by atoms with van der Waals surface area (Å²) in [5.41, 5.74) is 1.42. The van der Waals surface area contributed by atoms with E-state index in [2.05, 4.69) is 0 Å². The van der Waals surface area contributed by atoms with Crippen molar-refractivity contribution in [2.75, 3.05) is 0 Å². The van der Waals surface area contributed by atoms with Crippen molar-refractivity contribution in [3.05, 3.63) is 77.9 Å². The fraction of sp³-hybridized carbons (Fsp3) is 0.0667. The molecule has 0 aliphatic rings. The molecular weight excluding hydrogens is 260 g/mol. The molecule has 0 saturated heterocycles. The fourth-order valence-corrected chi connectivity index (χ4v) is 2.57. The van der Waals surface area contributed by atoms with Gasteiger partial charge in [-0.25, -0.2) is 0 Å². The van der Waals surface area contributed by atoms with Crippen LogP contribution in [-0.2, 0) is 10.1 Å². The van der Waals surface area contributed by atoms with Crippen molar-refractivity contribution in [2.45, 2.75) is 5.25 Å². The van der Waals surface area contributed by atoms with Gasteiger partial charge in [0, 0.05) is 0 Å². The van der Waals surface area contributed by atoms with Crippen LogP contribution in [0.5, 0.6) is 0 Å². The summed E-state index contributed by atoms with van der Waals surface area (Å²) in [5, 5.41) is -1.05.